The maximum atomic E-state index is 8.35. The summed E-state index contributed by atoms with van der Waals surface area (Å²) in [5.74, 6) is 0. The summed E-state index contributed by atoms with van der Waals surface area (Å²) in [5, 5.41) is 0. The molecule has 0 bridgehead atoms. The van der Waals surface area contributed by atoms with Crippen molar-refractivity contribution in [2.24, 2.45) is 0 Å². The van der Waals surface area contributed by atoms with Crippen LogP contribution in [0, 0.1) is 22.7 Å². The molecule has 40 valence electrons. The molecule has 4 nitrogen and oxygen atoms in total. The number of rotatable bonds is 0. The molecule has 0 amide bonds. The molecule has 0 radical (unpaired) electrons. The molecule has 0 aliphatic carbocycles. The van der Waals surface area contributed by atoms with E-state index >= 15 is 0 Å². The molecule has 0 unspecified atom stereocenters. The third kappa shape index (κ3) is 69.9. The Morgan fingerprint density at radius 2 is 1.14 bits per heavy atom. The van der Waals surface area contributed by atoms with Crippen molar-refractivity contribution in [1.82, 2.24) is 0 Å². The Balaban J connectivity index is -0.0000000400. The van der Waals surface area contributed by atoms with Gasteiger partial charge >= 0.3 is 62.7 Å². The average molecular weight is 175 g/mol. The monoisotopic (exact) mass is 174 g/mol. The third-order valence-corrected chi connectivity index (χ3v) is 0. The SMILES string of the molecule is [K+].[O-][Cl+]O.[O-][Cl+][O-]. The molecular weight excluding hydrogens is 174 g/mol. The number of halogens is 2. The van der Waals surface area contributed by atoms with Gasteiger partial charge in [0.25, 0.3) is 0 Å². The van der Waals surface area contributed by atoms with E-state index in [0.717, 1.165) is 0 Å². The van der Waals surface area contributed by atoms with Crippen LogP contribution < -0.4 is 65.4 Å². The Morgan fingerprint density at radius 3 is 1.14 bits per heavy atom. The molecule has 0 rings (SSSR count). The second-order valence-corrected chi connectivity index (χ2v) is 0.396. The second-order valence-electron chi connectivity index (χ2n) is 0.132. The summed E-state index contributed by atoms with van der Waals surface area (Å²) in [5.41, 5.74) is 0. The summed E-state index contributed by atoms with van der Waals surface area (Å²) in [7, 11) is 0. The largest absolute Gasteiger partial charge is 1.00 e. The molecule has 0 aliphatic rings. The standard InChI is InChI=1S/ClHO2.ClO2.K/c2*2-1-3;/h2H;;/q;-1;+1. The van der Waals surface area contributed by atoms with Crippen molar-refractivity contribution in [3.63, 3.8) is 0 Å². The minimum absolute atomic E-state index is 0. The van der Waals surface area contributed by atoms with Crippen molar-refractivity contribution in [1.29, 1.82) is 0 Å². The van der Waals surface area contributed by atoms with Crippen LogP contribution in [0.3, 0.4) is 0 Å². The second kappa shape index (κ2) is 24.4. The van der Waals surface area contributed by atoms with Crippen LogP contribution in [-0.2, 0) is 0 Å². The van der Waals surface area contributed by atoms with Crippen LogP contribution >= 0.6 is 0 Å². The first-order valence-corrected chi connectivity index (χ1v) is 1.90. The molecule has 0 saturated carbocycles. The van der Waals surface area contributed by atoms with Gasteiger partial charge in [0.2, 0.25) is 0 Å². The van der Waals surface area contributed by atoms with Crippen molar-refractivity contribution in [2.75, 3.05) is 0 Å². The molecule has 7 heavy (non-hydrogen) atoms. The van der Waals surface area contributed by atoms with Crippen LogP contribution in [0.1, 0.15) is 0 Å². The van der Waals surface area contributed by atoms with E-state index in [0.29, 0.717) is 0 Å². The zero-order valence-corrected chi connectivity index (χ0v) is 8.06. The van der Waals surface area contributed by atoms with E-state index in [2.05, 4.69) is 0 Å². The van der Waals surface area contributed by atoms with Gasteiger partial charge in [-0.3, -0.25) is 0 Å². The van der Waals surface area contributed by atoms with E-state index in [-0.39, 0.29) is 62.7 Å². The van der Waals surface area contributed by atoms with Crippen molar-refractivity contribution in [3.8, 4) is 0 Å². The van der Waals surface area contributed by atoms with Gasteiger partial charge in [-0.15, -0.1) is 4.66 Å². The van der Waals surface area contributed by atoms with Gasteiger partial charge in [0.1, 0.15) is 0 Å². The van der Waals surface area contributed by atoms with Crippen molar-refractivity contribution >= 4 is 0 Å². The van der Waals surface area contributed by atoms with E-state index in [1.807, 2.05) is 0 Å². The Kier molecular flexibility index (Phi) is 55.8. The van der Waals surface area contributed by atoms with Crippen LogP contribution in [0.15, 0.2) is 0 Å². The fourth-order valence-corrected chi connectivity index (χ4v) is 0. The molecule has 0 fully saturated rings. The fraction of sp³-hybridized carbons (Fsp3) is 0. The Hall–Kier alpha value is 2.06. The predicted molar refractivity (Wildman–Crippen MR) is 2.22 cm³/mol. The molecule has 0 aromatic carbocycles. The molecule has 0 atom stereocenters. The molecular formula is HCl2KO4. The summed E-state index contributed by atoms with van der Waals surface area (Å²) in [6.45, 7) is 0. The van der Waals surface area contributed by atoms with Gasteiger partial charge in [-0.05, 0) is 0 Å². The number of hydrogen-bond donors (Lipinski definition) is 1. The molecule has 1 N–H and O–H groups in total. The van der Waals surface area contributed by atoms with Gasteiger partial charge in [-0.2, -0.15) is 0 Å². The minimum Gasteiger partial charge on any atom is -0.544 e. The van der Waals surface area contributed by atoms with Crippen molar-refractivity contribution in [3.05, 3.63) is 0 Å². The first-order valence-electron chi connectivity index (χ1n) is 0.632. The van der Waals surface area contributed by atoms with E-state index in [9.17, 15) is 0 Å². The summed E-state index contributed by atoms with van der Waals surface area (Å²) in [6, 6.07) is 0. The van der Waals surface area contributed by atoms with Crippen molar-refractivity contribution in [2.45, 2.75) is 0 Å². The van der Waals surface area contributed by atoms with Gasteiger partial charge in [0.15, 0.2) is 0 Å². The van der Waals surface area contributed by atoms with Gasteiger partial charge in [-0.25, -0.2) is 0 Å². The maximum absolute atomic E-state index is 8.35. The molecule has 7 heteroatoms. The quantitative estimate of drug-likeness (QED) is 0.370. The molecule has 0 spiro atoms. The van der Waals surface area contributed by atoms with E-state index in [1.54, 1.807) is 0 Å². The van der Waals surface area contributed by atoms with Crippen LogP contribution in [0.25, 0.3) is 0 Å². The smallest absolute Gasteiger partial charge is 0.544 e. The van der Waals surface area contributed by atoms with E-state index in [4.69, 9.17) is 18.6 Å². The Morgan fingerprint density at radius 1 is 1.14 bits per heavy atom. The van der Waals surface area contributed by atoms with Gasteiger partial charge in [0.05, 0.1) is 11.3 Å². The zero-order chi connectivity index (χ0) is 5.41. The molecule has 0 heterocycles. The predicted octanol–water partition coefficient (Wildman–Crippen LogP) is -7.12. The molecule has 0 aromatic heterocycles. The van der Waals surface area contributed by atoms with E-state index in [1.165, 1.54) is 0 Å². The van der Waals surface area contributed by atoms with Crippen LogP contribution in [0.2, 0.25) is 0 Å². The number of hydrogen-bond acceptors (Lipinski definition) is 4. The van der Waals surface area contributed by atoms with Crippen LogP contribution in [0.5, 0.6) is 0 Å². The van der Waals surface area contributed by atoms with Gasteiger partial charge in [-0.1, -0.05) is 0 Å². The van der Waals surface area contributed by atoms with Crippen molar-refractivity contribution < 1.29 is 92.7 Å². The molecule has 0 aromatic rings. The van der Waals surface area contributed by atoms with E-state index < -0.39 is 11.3 Å². The van der Waals surface area contributed by atoms with Gasteiger partial charge < -0.3 is 14.0 Å². The Bertz CT molecular complexity index is 11.7. The summed E-state index contributed by atoms with van der Waals surface area (Å²) < 4.78 is 31.7. The Labute approximate surface area is 91.1 Å². The zero-order valence-electron chi connectivity index (χ0n) is 3.43. The average Bonchev–Trinajstić information content (AvgIpc) is 1.39. The van der Waals surface area contributed by atoms with Crippen LogP contribution in [-0.4, -0.2) is 4.66 Å². The molecule has 0 aliphatic heterocycles. The summed E-state index contributed by atoms with van der Waals surface area (Å²) >= 11 is -0.583. The first kappa shape index (κ1) is 16.0. The fourth-order valence-electron chi connectivity index (χ4n) is 0. The topological polar surface area (TPSA) is 89.4 Å². The maximum Gasteiger partial charge on any atom is 1.00 e. The minimum atomic E-state index is -0.417. The summed E-state index contributed by atoms with van der Waals surface area (Å²) in [4.78, 5) is 0. The van der Waals surface area contributed by atoms with Gasteiger partial charge in [0, 0.05) is 0 Å². The normalized spacial score (nSPS) is 5.14. The third-order valence-electron chi connectivity index (χ3n) is 0. The summed E-state index contributed by atoms with van der Waals surface area (Å²) in [6.07, 6.45) is 0. The first-order chi connectivity index (χ1) is 2.83. The van der Waals surface area contributed by atoms with Crippen LogP contribution in [0.4, 0.5) is 0 Å². The molecule has 0 saturated heterocycles.